The van der Waals surface area contributed by atoms with Gasteiger partial charge in [0.15, 0.2) is 5.78 Å². The van der Waals surface area contributed by atoms with E-state index >= 15 is 0 Å². The maximum Gasteiger partial charge on any atom is 0.450 e. The van der Waals surface area contributed by atoms with Crippen molar-refractivity contribution in [2.45, 2.75) is 29.3 Å². The van der Waals surface area contributed by atoms with Crippen LogP contribution in [0.25, 0.3) is 0 Å². The highest BCUT2D eigenvalue weighted by atomic mass is 35.5. The van der Waals surface area contributed by atoms with Gasteiger partial charge in [0.2, 0.25) is 11.7 Å². The number of Topliss-reactive ketones (excluding diaryl/α,β-unsaturated/α-hetero) is 2. The summed E-state index contributed by atoms with van der Waals surface area (Å²) in [6.07, 6.45) is -7.78. The number of amides is 1. The van der Waals surface area contributed by atoms with Gasteiger partial charge in [-0.2, -0.15) is 13.2 Å². The number of carbonyl (C=O) groups is 3. The van der Waals surface area contributed by atoms with Gasteiger partial charge in [0.1, 0.15) is 21.8 Å². The lowest BCUT2D eigenvalue weighted by Gasteiger charge is -2.12. The fourth-order valence-corrected chi connectivity index (χ4v) is 5.77. The number of benzene rings is 3. The lowest BCUT2D eigenvalue weighted by atomic mass is 9.97. The van der Waals surface area contributed by atoms with Crippen molar-refractivity contribution in [3.05, 3.63) is 97.2 Å². The highest BCUT2D eigenvalue weighted by Crippen LogP contribution is 2.65. The Bertz CT molecular complexity index is 1610. The molecule has 0 bridgehead atoms. The fourth-order valence-electron chi connectivity index (χ4n) is 4.33. The van der Waals surface area contributed by atoms with Crippen molar-refractivity contribution in [3.8, 4) is 0 Å². The van der Waals surface area contributed by atoms with Crippen molar-refractivity contribution < 1.29 is 40.7 Å². The number of anilines is 1. The summed E-state index contributed by atoms with van der Waals surface area (Å²) in [6, 6.07) is 6.93. The normalized spacial score (nSPS) is 17.6. The molecule has 4 nitrogen and oxygen atoms in total. The molecule has 42 heavy (non-hydrogen) atoms. The van der Waals surface area contributed by atoms with Gasteiger partial charge in [-0.25, -0.2) is 13.2 Å². The van der Waals surface area contributed by atoms with Crippen LogP contribution in [0.15, 0.2) is 42.5 Å². The summed E-state index contributed by atoms with van der Waals surface area (Å²) >= 11 is 30.7. The third kappa shape index (κ3) is 6.53. The summed E-state index contributed by atoms with van der Waals surface area (Å²) in [7, 11) is 0. The first-order valence-corrected chi connectivity index (χ1v) is 13.5. The number of nitrogens with one attached hydrogen (secondary N) is 1. The second-order valence-corrected chi connectivity index (χ2v) is 11.9. The molecule has 15 heteroatoms. The molecule has 1 amide bonds. The summed E-state index contributed by atoms with van der Waals surface area (Å²) in [4.78, 5) is 37.1. The number of hydrogen-bond acceptors (Lipinski definition) is 3. The highest BCUT2D eigenvalue weighted by Gasteiger charge is 2.67. The topological polar surface area (TPSA) is 63.2 Å². The third-order valence-electron chi connectivity index (χ3n) is 6.51. The van der Waals surface area contributed by atoms with Crippen molar-refractivity contribution >= 4 is 81.2 Å². The van der Waals surface area contributed by atoms with Crippen molar-refractivity contribution in [1.29, 1.82) is 0 Å². The molecule has 0 spiro atoms. The zero-order valence-corrected chi connectivity index (χ0v) is 24.3. The second kappa shape index (κ2) is 11.9. The molecule has 0 aromatic heterocycles. The SMILES string of the molecule is O=C(Cc1c(F)ccc(CC(=O)C(F)(F)F)c1F)c1cc(NC(=O)[C@H]2[C@H](c3cc(Cl)c(Cl)c(Cl)c3)C2(Cl)Cl)ccc1F. The zero-order chi connectivity index (χ0) is 31.3. The van der Waals surface area contributed by atoms with Crippen LogP contribution in [0.3, 0.4) is 0 Å². The van der Waals surface area contributed by atoms with Crippen LogP contribution in [0.1, 0.15) is 33.0 Å². The molecular weight excluding hydrogens is 678 g/mol. The van der Waals surface area contributed by atoms with E-state index in [1.54, 1.807) is 0 Å². The molecule has 1 saturated carbocycles. The Kier molecular flexibility index (Phi) is 9.17. The monoisotopic (exact) mass is 689 g/mol. The van der Waals surface area contributed by atoms with Crippen molar-refractivity contribution in [3.63, 3.8) is 0 Å². The van der Waals surface area contributed by atoms with Crippen molar-refractivity contribution in [2.75, 3.05) is 5.32 Å². The maximum absolute atomic E-state index is 14.8. The van der Waals surface area contributed by atoms with E-state index < -0.39 is 86.8 Å². The van der Waals surface area contributed by atoms with Crippen LogP contribution >= 0.6 is 58.0 Å². The molecule has 3 aromatic rings. The van der Waals surface area contributed by atoms with Crippen molar-refractivity contribution in [1.82, 2.24) is 0 Å². The number of halogens is 11. The van der Waals surface area contributed by atoms with Gasteiger partial charge in [0.25, 0.3) is 0 Å². The molecule has 0 radical (unpaired) electrons. The molecule has 4 rings (SSSR count). The number of rotatable bonds is 8. The third-order valence-corrected chi connectivity index (χ3v) is 8.64. The second-order valence-electron chi connectivity index (χ2n) is 9.31. The van der Waals surface area contributed by atoms with Crippen LogP contribution in [0.5, 0.6) is 0 Å². The Morgan fingerprint density at radius 1 is 0.857 bits per heavy atom. The van der Waals surface area contributed by atoms with Gasteiger partial charge >= 0.3 is 6.18 Å². The van der Waals surface area contributed by atoms with Crippen LogP contribution < -0.4 is 5.32 Å². The molecule has 2 atom stereocenters. The maximum atomic E-state index is 14.8. The van der Waals surface area contributed by atoms with Gasteiger partial charge in [0.05, 0.1) is 26.5 Å². The molecule has 0 unspecified atom stereocenters. The predicted molar refractivity (Wildman–Crippen MR) is 146 cm³/mol. The van der Waals surface area contributed by atoms with Crippen LogP contribution in [-0.2, 0) is 22.4 Å². The minimum atomic E-state index is -5.26. The van der Waals surface area contributed by atoms with Crippen LogP contribution in [-0.4, -0.2) is 28.0 Å². The molecule has 1 N–H and O–H groups in total. The van der Waals surface area contributed by atoms with E-state index in [9.17, 15) is 40.7 Å². The summed E-state index contributed by atoms with van der Waals surface area (Å²) in [5, 5.41) is 2.73. The van der Waals surface area contributed by atoms with Crippen LogP contribution in [0.4, 0.5) is 32.0 Å². The summed E-state index contributed by atoms with van der Waals surface area (Å²) in [6.45, 7) is 0. The van der Waals surface area contributed by atoms with Gasteiger partial charge in [-0.3, -0.25) is 14.4 Å². The van der Waals surface area contributed by atoms with E-state index in [-0.39, 0.29) is 20.8 Å². The minimum Gasteiger partial charge on any atom is -0.326 e. The zero-order valence-electron chi connectivity index (χ0n) is 20.5. The Hall–Kier alpha value is -2.50. The van der Waals surface area contributed by atoms with Crippen molar-refractivity contribution in [2.24, 2.45) is 5.92 Å². The van der Waals surface area contributed by atoms with Gasteiger partial charge < -0.3 is 5.32 Å². The van der Waals surface area contributed by atoms with Crippen LogP contribution in [0.2, 0.25) is 15.1 Å². The van der Waals surface area contributed by atoms with Gasteiger partial charge in [-0.15, -0.1) is 23.2 Å². The van der Waals surface area contributed by atoms with E-state index in [0.29, 0.717) is 17.7 Å². The van der Waals surface area contributed by atoms with E-state index in [4.69, 9.17) is 58.0 Å². The lowest BCUT2D eigenvalue weighted by Crippen LogP contribution is -2.25. The number of ketones is 2. The fraction of sp³-hybridized carbons (Fsp3) is 0.222. The molecular formula is C27H14Cl5F6NO3. The predicted octanol–water partition coefficient (Wildman–Crippen LogP) is 8.69. The standard InChI is InChI=1S/C27H14Cl5F6NO3/c28-15-5-11(6-16(29)23(15)30)21-22(26(21,31)32)25(42)39-12-2-4-17(33)13(8-12)19(40)9-14-18(34)3-1-10(24(14)35)7-20(41)27(36,37)38/h1-6,8,21-22H,7,9H2,(H,39,42)/t21-,22+/m0/s1. The summed E-state index contributed by atoms with van der Waals surface area (Å²) in [5.41, 5.74) is -2.13. The first kappa shape index (κ1) is 32.4. The highest BCUT2D eigenvalue weighted by molar-refractivity contribution is 6.54. The first-order chi connectivity index (χ1) is 19.4. The quantitative estimate of drug-likeness (QED) is 0.111. The van der Waals surface area contributed by atoms with E-state index in [1.807, 2.05) is 0 Å². The molecule has 1 aliphatic carbocycles. The summed E-state index contributed by atoms with van der Waals surface area (Å²) in [5.74, 6) is -9.93. The molecule has 0 saturated heterocycles. The number of alkyl halides is 5. The van der Waals surface area contributed by atoms with E-state index in [1.165, 1.54) is 12.1 Å². The average Bonchev–Trinajstić information content (AvgIpc) is 3.48. The Balaban J connectivity index is 1.53. The largest absolute Gasteiger partial charge is 0.450 e. The molecule has 1 fully saturated rings. The molecule has 1 aliphatic rings. The molecule has 0 aliphatic heterocycles. The molecule has 222 valence electrons. The van der Waals surface area contributed by atoms with E-state index in [2.05, 4.69) is 5.32 Å². The molecule has 0 heterocycles. The smallest absolute Gasteiger partial charge is 0.326 e. The van der Waals surface area contributed by atoms with Gasteiger partial charge in [-0.1, -0.05) is 40.9 Å². The van der Waals surface area contributed by atoms with Gasteiger partial charge in [0, 0.05) is 30.0 Å². The molecule has 3 aromatic carbocycles. The first-order valence-electron chi connectivity index (χ1n) is 11.6. The van der Waals surface area contributed by atoms with Gasteiger partial charge in [-0.05, 0) is 47.5 Å². The minimum absolute atomic E-state index is 0.0864. The average molecular weight is 692 g/mol. The number of carbonyl (C=O) groups excluding carboxylic acids is 3. The van der Waals surface area contributed by atoms with E-state index in [0.717, 1.165) is 18.2 Å². The van der Waals surface area contributed by atoms with Crippen LogP contribution in [0, 0.1) is 23.4 Å². The lowest BCUT2D eigenvalue weighted by molar-refractivity contribution is -0.170. The summed E-state index contributed by atoms with van der Waals surface area (Å²) < 4.78 is 79.9. The number of hydrogen-bond donors (Lipinski definition) is 1. The Morgan fingerprint density at radius 2 is 1.45 bits per heavy atom. The Labute approximate surface area is 258 Å². The Morgan fingerprint density at radius 3 is 2.05 bits per heavy atom.